The molecule has 0 aliphatic carbocycles. The van der Waals surface area contributed by atoms with Crippen LogP contribution in [0, 0.1) is 5.82 Å². The molecule has 0 spiro atoms. The number of nitrogens with one attached hydrogen (secondary N) is 1. The number of carboxylic acid groups (broad SMARTS) is 1. The van der Waals surface area contributed by atoms with E-state index in [1.54, 1.807) is 23.7 Å². The maximum absolute atomic E-state index is 13.8. The SMILES string of the molecule is C[C@H](Nc1ccn2ncc(N)c2n1)c1cc(F)ccc1O[C@@H](C)CC(=O)O. The fraction of sp³-hybridized carbons (Fsp3) is 0.278. The van der Waals surface area contributed by atoms with Crippen LogP contribution in [0.4, 0.5) is 15.9 Å². The average Bonchev–Trinajstić information content (AvgIpc) is 2.96. The number of fused-ring (bicyclic) bond motifs is 1. The second-order valence-corrected chi connectivity index (χ2v) is 6.26. The van der Waals surface area contributed by atoms with Gasteiger partial charge < -0.3 is 20.9 Å². The normalized spacial score (nSPS) is 13.3. The minimum Gasteiger partial charge on any atom is -0.490 e. The molecule has 2 atom stereocenters. The number of anilines is 2. The number of halogens is 1. The highest BCUT2D eigenvalue weighted by Crippen LogP contribution is 2.29. The highest BCUT2D eigenvalue weighted by molar-refractivity contribution is 5.67. The first-order chi connectivity index (χ1) is 12.8. The van der Waals surface area contributed by atoms with Crippen LogP contribution >= 0.6 is 0 Å². The summed E-state index contributed by atoms with van der Waals surface area (Å²) in [4.78, 5) is 15.3. The van der Waals surface area contributed by atoms with Crippen LogP contribution in [-0.2, 0) is 4.79 Å². The lowest BCUT2D eigenvalue weighted by Crippen LogP contribution is -2.19. The number of hydrogen-bond acceptors (Lipinski definition) is 6. The number of aliphatic carboxylic acids is 1. The molecule has 0 bridgehead atoms. The predicted molar refractivity (Wildman–Crippen MR) is 98.2 cm³/mol. The Labute approximate surface area is 154 Å². The van der Waals surface area contributed by atoms with Crippen molar-refractivity contribution >= 4 is 23.1 Å². The average molecular weight is 373 g/mol. The lowest BCUT2D eigenvalue weighted by atomic mass is 10.1. The quantitative estimate of drug-likeness (QED) is 0.583. The monoisotopic (exact) mass is 373 g/mol. The molecule has 0 fully saturated rings. The van der Waals surface area contributed by atoms with Crippen molar-refractivity contribution in [1.82, 2.24) is 14.6 Å². The summed E-state index contributed by atoms with van der Waals surface area (Å²) in [7, 11) is 0. The third-order valence-corrected chi connectivity index (χ3v) is 3.99. The van der Waals surface area contributed by atoms with Gasteiger partial charge >= 0.3 is 5.97 Å². The van der Waals surface area contributed by atoms with Crippen molar-refractivity contribution < 1.29 is 19.0 Å². The van der Waals surface area contributed by atoms with Crippen LogP contribution in [0.5, 0.6) is 5.75 Å². The molecule has 0 aliphatic heterocycles. The van der Waals surface area contributed by atoms with Crippen LogP contribution < -0.4 is 15.8 Å². The lowest BCUT2D eigenvalue weighted by Gasteiger charge is -2.21. The number of benzene rings is 1. The zero-order valence-electron chi connectivity index (χ0n) is 14.9. The van der Waals surface area contributed by atoms with Crippen LogP contribution in [0.15, 0.2) is 36.7 Å². The Bertz CT molecular complexity index is 975. The molecule has 4 N–H and O–H groups in total. The predicted octanol–water partition coefficient (Wildman–Crippen LogP) is 2.87. The summed E-state index contributed by atoms with van der Waals surface area (Å²) in [6.07, 6.45) is 2.51. The zero-order chi connectivity index (χ0) is 19.6. The second kappa shape index (κ2) is 7.48. The van der Waals surface area contributed by atoms with E-state index in [2.05, 4.69) is 15.4 Å². The summed E-state index contributed by atoms with van der Waals surface area (Å²) in [6, 6.07) is 5.49. The van der Waals surface area contributed by atoms with E-state index in [9.17, 15) is 9.18 Å². The summed E-state index contributed by atoms with van der Waals surface area (Å²) in [6.45, 7) is 3.48. The molecule has 142 valence electrons. The number of carbonyl (C=O) groups is 1. The number of ether oxygens (including phenoxy) is 1. The van der Waals surface area contributed by atoms with Gasteiger partial charge in [0.2, 0.25) is 0 Å². The third-order valence-electron chi connectivity index (χ3n) is 3.99. The Morgan fingerprint density at radius 2 is 2.19 bits per heavy atom. The van der Waals surface area contributed by atoms with E-state index in [4.69, 9.17) is 15.6 Å². The number of carboxylic acids is 1. The van der Waals surface area contributed by atoms with Crippen molar-refractivity contribution in [2.45, 2.75) is 32.4 Å². The van der Waals surface area contributed by atoms with Gasteiger partial charge in [-0.15, -0.1) is 0 Å². The summed E-state index contributed by atoms with van der Waals surface area (Å²) in [5, 5.41) is 16.1. The fourth-order valence-electron chi connectivity index (χ4n) is 2.74. The maximum atomic E-state index is 13.8. The van der Waals surface area contributed by atoms with E-state index in [-0.39, 0.29) is 12.5 Å². The van der Waals surface area contributed by atoms with Gasteiger partial charge in [-0.1, -0.05) is 0 Å². The number of nitrogens with two attached hydrogens (primary N) is 1. The standard InChI is InChI=1S/C18H20FN5O3/c1-10(7-17(25)26)27-15-4-3-12(19)8-13(15)11(2)22-16-5-6-24-18(23-16)14(20)9-21-24/h3-6,8-11H,7,20H2,1-2H3,(H,22,23)(H,25,26)/t10-,11-/m0/s1. The number of hydrogen-bond donors (Lipinski definition) is 3. The van der Waals surface area contributed by atoms with Gasteiger partial charge in [0.25, 0.3) is 0 Å². The number of rotatable bonds is 7. The van der Waals surface area contributed by atoms with Crippen molar-refractivity contribution in [3.8, 4) is 5.75 Å². The molecule has 2 aromatic heterocycles. The van der Waals surface area contributed by atoms with Gasteiger partial charge in [-0.2, -0.15) is 5.10 Å². The van der Waals surface area contributed by atoms with Gasteiger partial charge in [-0.05, 0) is 38.1 Å². The third kappa shape index (κ3) is 4.25. The lowest BCUT2D eigenvalue weighted by molar-refractivity contribution is -0.138. The molecule has 0 radical (unpaired) electrons. The van der Waals surface area contributed by atoms with E-state index in [0.29, 0.717) is 28.5 Å². The van der Waals surface area contributed by atoms with Crippen molar-refractivity contribution in [1.29, 1.82) is 0 Å². The van der Waals surface area contributed by atoms with Gasteiger partial charge in [0.1, 0.15) is 23.5 Å². The molecule has 8 nitrogen and oxygen atoms in total. The zero-order valence-corrected chi connectivity index (χ0v) is 14.9. The maximum Gasteiger partial charge on any atom is 0.307 e. The molecule has 1 aromatic carbocycles. The van der Waals surface area contributed by atoms with E-state index in [1.807, 2.05) is 6.92 Å². The molecule has 9 heteroatoms. The van der Waals surface area contributed by atoms with Crippen LogP contribution in [0.25, 0.3) is 5.65 Å². The number of nitrogen functional groups attached to an aromatic ring is 1. The summed E-state index contributed by atoms with van der Waals surface area (Å²) in [5.41, 5.74) is 7.35. The van der Waals surface area contributed by atoms with Gasteiger partial charge in [-0.25, -0.2) is 13.9 Å². The molecule has 0 saturated carbocycles. The van der Waals surface area contributed by atoms with Crippen LogP contribution in [-0.4, -0.2) is 31.8 Å². The molecular formula is C18H20FN5O3. The molecule has 3 aromatic rings. The smallest absolute Gasteiger partial charge is 0.307 e. The second-order valence-electron chi connectivity index (χ2n) is 6.26. The minimum absolute atomic E-state index is 0.155. The molecule has 0 aliphatic rings. The summed E-state index contributed by atoms with van der Waals surface area (Å²) < 4.78 is 21.0. The van der Waals surface area contributed by atoms with Crippen molar-refractivity contribution in [3.05, 3.63) is 48.0 Å². The van der Waals surface area contributed by atoms with E-state index >= 15 is 0 Å². The minimum atomic E-state index is -0.965. The molecular weight excluding hydrogens is 353 g/mol. The Balaban J connectivity index is 1.83. The van der Waals surface area contributed by atoms with Crippen LogP contribution in [0.2, 0.25) is 0 Å². The molecule has 3 rings (SSSR count). The molecule has 0 saturated heterocycles. The van der Waals surface area contributed by atoms with Gasteiger partial charge in [-0.3, -0.25) is 4.79 Å². The van der Waals surface area contributed by atoms with Crippen LogP contribution in [0.1, 0.15) is 31.9 Å². The van der Waals surface area contributed by atoms with E-state index < -0.39 is 17.9 Å². The number of aromatic nitrogens is 3. The van der Waals surface area contributed by atoms with Crippen LogP contribution in [0.3, 0.4) is 0 Å². The highest BCUT2D eigenvalue weighted by Gasteiger charge is 2.17. The van der Waals surface area contributed by atoms with Crippen molar-refractivity contribution in [2.75, 3.05) is 11.1 Å². The Hall–Kier alpha value is -3.36. The molecule has 0 amide bonds. The fourth-order valence-corrected chi connectivity index (χ4v) is 2.74. The first kappa shape index (κ1) is 18.4. The van der Waals surface area contributed by atoms with Gasteiger partial charge in [0, 0.05) is 11.8 Å². The largest absolute Gasteiger partial charge is 0.490 e. The van der Waals surface area contributed by atoms with Gasteiger partial charge in [0.15, 0.2) is 5.65 Å². The first-order valence-corrected chi connectivity index (χ1v) is 8.38. The molecule has 0 unspecified atom stereocenters. The Kier molecular flexibility index (Phi) is 5.11. The Morgan fingerprint density at radius 1 is 1.41 bits per heavy atom. The Morgan fingerprint density at radius 3 is 2.93 bits per heavy atom. The van der Waals surface area contributed by atoms with Crippen molar-refractivity contribution in [3.63, 3.8) is 0 Å². The van der Waals surface area contributed by atoms with E-state index in [0.717, 1.165) is 0 Å². The number of nitrogens with zero attached hydrogens (tertiary/aromatic N) is 3. The molecule has 2 heterocycles. The summed E-state index contributed by atoms with van der Waals surface area (Å²) in [5.74, 6) is -0.431. The first-order valence-electron chi connectivity index (χ1n) is 8.38. The summed E-state index contributed by atoms with van der Waals surface area (Å²) >= 11 is 0. The van der Waals surface area contributed by atoms with Crippen molar-refractivity contribution in [2.24, 2.45) is 0 Å². The van der Waals surface area contributed by atoms with Gasteiger partial charge in [0.05, 0.1) is 24.3 Å². The topological polar surface area (TPSA) is 115 Å². The molecule has 27 heavy (non-hydrogen) atoms. The van der Waals surface area contributed by atoms with E-state index in [1.165, 1.54) is 24.4 Å². The highest BCUT2D eigenvalue weighted by atomic mass is 19.1.